The minimum Gasteiger partial charge on any atom is -0.310 e. The molecule has 2 rings (SSSR count). The third-order valence-electron chi connectivity index (χ3n) is 3.24. The molecule has 0 fully saturated rings. The van der Waals surface area contributed by atoms with Crippen molar-refractivity contribution >= 4 is 23.2 Å². The highest BCUT2D eigenvalue weighted by Crippen LogP contribution is 2.32. The van der Waals surface area contributed by atoms with Crippen molar-refractivity contribution in [3.63, 3.8) is 0 Å². The highest BCUT2D eigenvalue weighted by atomic mass is 35.5. The molecule has 0 bridgehead atoms. The SMILES string of the molecule is Cc1ccc(CNC(C)C)cc1-c1ccc(Cl)cc1Cl. The molecule has 0 spiro atoms. The molecule has 0 amide bonds. The van der Waals surface area contributed by atoms with Crippen LogP contribution in [0.1, 0.15) is 25.0 Å². The first kappa shape index (κ1) is 15.4. The van der Waals surface area contributed by atoms with Crippen molar-refractivity contribution in [1.82, 2.24) is 5.32 Å². The summed E-state index contributed by atoms with van der Waals surface area (Å²) in [4.78, 5) is 0. The minimum absolute atomic E-state index is 0.471. The van der Waals surface area contributed by atoms with Crippen LogP contribution in [0.15, 0.2) is 36.4 Å². The molecule has 0 aliphatic heterocycles. The molecule has 3 heteroatoms. The maximum atomic E-state index is 6.32. The lowest BCUT2D eigenvalue weighted by molar-refractivity contribution is 0.589. The molecule has 0 atom stereocenters. The first-order valence-electron chi connectivity index (χ1n) is 6.75. The van der Waals surface area contributed by atoms with E-state index in [4.69, 9.17) is 23.2 Å². The molecule has 2 aromatic carbocycles. The first-order chi connectivity index (χ1) is 9.47. The van der Waals surface area contributed by atoms with Gasteiger partial charge in [-0.15, -0.1) is 0 Å². The molecular weight excluding hydrogens is 289 g/mol. The van der Waals surface area contributed by atoms with E-state index in [1.807, 2.05) is 12.1 Å². The van der Waals surface area contributed by atoms with Crippen molar-refractivity contribution in [1.29, 1.82) is 0 Å². The summed E-state index contributed by atoms with van der Waals surface area (Å²) in [5.74, 6) is 0. The molecule has 0 unspecified atom stereocenters. The van der Waals surface area contributed by atoms with Crippen molar-refractivity contribution < 1.29 is 0 Å². The van der Waals surface area contributed by atoms with Gasteiger partial charge in [-0.2, -0.15) is 0 Å². The quantitative estimate of drug-likeness (QED) is 0.790. The third kappa shape index (κ3) is 3.76. The molecule has 1 nitrogen and oxygen atoms in total. The van der Waals surface area contributed by atoms with Crippen LogP contribution in [0.5, 0.6) is 0 Å². The molecule has 1 N–H and O–H groups in total. The summed E-state index contributed by atoms with van der Waals surface area (Å²) in [6, 6.07) is 12.6. The van der Waals surface area contributed by atoms with Crippen LogP contribution in [-0.2, 0) is 6.54 Å². The summed E-state index contributed by atoms with van der Waals surface area (Å²) >= 11 is 12.3. The maximum Gasteiger partial charge on any atom is 0.0499 e. The third-order valence-corrected chi connectivity index (χ3v) is 3.79. The van der Waals surface area contributed by atoms with Gasteiger partial charge in [0.2, 0.25) is 0 Å². The summed E-state index contributed by atoms with van der Waals surface area (Å²) in [5.41, 5.74) is 4.66. The van der Waals surface area contributed by atoms with Crippen LogP contribution in [0.2, 0.25) is 10.0 Å². The summed E-state index contributed by atoms with van der Waals surface area (Å²) in [6.45, 7) is 7.24. The lowest BCUT2D eigenvalue weighted by atomic mass is 9.98. The van der Waals surface area contributed by atoms with Crippen LogP contribution in [-0.4, -0.2) is 6.04 Å². The Hall–Kier alpha value is -1.02. The van der Waals surface area contributed by atoms with Gasteiger partial charge < -0.3 is 5.32 Å². The number of hydrogen-bond acceptors (Lipinski definition) is 1. The number of halogens is 2. The fourth-order valence-corrected chi connectivity index (χ4v) is 2.61. The molecule has 0 aliphatic rings. The van der Waals surface area contributed by atoms with E-state index in [0.717, 1.165) is 17.7 Å². The number of aryl methyl sites for hydroxylation is 1. The maximum absolute atomic E-state index is 6.32. The Morgan fingerprint density at radius 3 is 2.40 bits per heavy atom. The molecule has 0 heterocycles. The average molecular weight is 308 g/mol. The molecular formula is C17H19Cl2N. The van der Waals surface area contributed by atoms with Crippen molar-refractivity contribution in [3.8, 4) is 11.1 Å². The monoisotopic (exact) mass is 307 g/mol. The van der Waals surface area contributed by atoms with E-state index in [2.05, 4.69) is 44.3 Å². The van der Waals surface area contributed by atoms with Crippen molar-refractivity contribution in [2.75, 3.05) is 0 Å². The Balaban J connectivity index is 2.37. The van der Waals surface area contributed by atoms with Gasteiger partial charge in [-0.1, -0.05) is 55.2 Å². The summed E-state index contributed by atoms with van der Waals surface area (Å²) in [7, 11) is 0. The molecule has 0 aromatic heterocycles. The van der Waals surface area contributed by atoms with Gasteiger partial charge in [0.15, 0.2) is 0 Å². The van der Waals surface area contributed by atoms with Gasteiger partial charge in [-0.05, 0) is 41.8 Å². The van der Waals surface area contributed by atoms with Gasteiger partial charge in [0.05, 0.1) is 0 Å². The van der Waals surface area contributed by atoms with E-state index in [9.17, 15) is 0 Å². The average Bonchev–Trinajstić information content (AvgIpc) is 2.38. The molecule has 2 aromatic rings. The second-order valence-corrected chi connectivity index (χ2v) is 6.15. The van der Waals surface area contributed by atoms with E-state index in [0.29, 0.717) is 16.1 Å². The van der Waals surface area contributed by atoms with Crippen LogP contribution in [0, 0.1) is 6.92 Å². The molecule has 0 aliphatic carbocycles. The predicted molar refractivity (Wildman–Crippen MR) is 88.6 cm³/mol. The first-order valence-corrected chi connectivity index (χ1v) is 7.51. The number of hydrogen-bond donors (Lipinski definition) is 1. The van der Waals surface area contributed by atoms with Gasteiger partial charge >= 0.3 is 0 Å². The zero-order valence-corrected chi connectivity index (χ0v) is 13.5. The predicted octanol–water partition coefficient (Wildman–Crippen LogP) is 5.47. The van der Waals surface area contributed by atoms with E-state index in [1.54, 1.807) is 6.07 Å². The Bertz CT molecular complexity index is 606. The molecule has 0 radical (unpaired) electrons. The van der Waals surface area contributed by atoms with Crippen molar-refractivity contribution in [2.45, 2.75) is 33.4 Å². The van der Waals surface area contributed by atoms with E-state index in [-0.39, 0.29) is 0 Å². The summed E-state index contributed by atoms with van der Waals surface area (Å²) in [5, 5.41) is 4.78. The normalized spacial score (nSPS) is 11.1. The molecule has 0 saturated heterocycles. The van der Waals surface area contributed by atoms with Gasteiger partial charge in [0, 0.05) is 28.2 Å². The number of rotatable bonds is 4. The minimum atomic E-state index is 0.471. The zero-order valence-electron chi connectivity index (χ0n) is 12.0. The zero-order chi connectivity index (χ0) is 14.7. The van der Waals surface area contributed by atoms with Gasteiger partial charge in [-0.25, -0.2) is 0 Å². The Morgan fingerprint density at radius 1 is 1.00 bits per heavy atom. The second kappa shape index (κ2) is 6.62. The Kier molecular flexibility index (Phi) is 5.09. The standard InChI is InChI=1S/C17H19Cl2N/c1-11(2)20-10-13-5-4-12(3)16(8-13)15-7-6-14(18)9-17(15)19/h4-9,11,20H,10H2,1-3H3. The fourth-order valence-electron chi connectivity index (χ4n) is 2.10. The van der Waals surface area contributed by atoms with Gasteiger partial charge in [-0.3, -0.25) is 0 Å². The van der Waals surface area contributed by atoms with Crippen molar-refractivity contribution in [2.24, 2.45) is 0 Å². The van der Waals surface area contributed by atoms with E-state index < -0.39 is 0 Å². The van der Waals surface area contributed by atoms with Gasteiger partial charge in [0.1, 0.15) is 0 Å². The Morgan fingerprint density at radius 2 is 1.75 bits per heavy atom. The topological polar surface area (TPSA) is 12.0 Å². The second-order valence-electron chi connectivity index (χ2n) is 5.31. The van der Waals surface area contributed by atoms with Crippen LogP contribution >= 0.6 is 23.2 Å². The number of nitrogens with one attached hydrogen (secondary N) is 1. The lowest BCUT2D eigenvalue weighted by Crippen LogP contribution is -2.21. The highest BCUT2D eigenvalue weighted by molar-refractivity contribution is 6.36. The molecule has 0 saturated carbocycles. The largest absolute Gasteiger partial charge is 0.310 e. The van der Waals surface area contributed by atoms with Gasteiger partial charge in [0.25, 0.3) is 0 Å². The smallest absolute Gasteiger partial charge is 0.0499 e. The van der Waals surface area contributed by atoms with Crippen LogP contribution < -0.4 is 5.32 Å². The molecule has 20 heavy (non-hydrogen) atoms. The summed E-state index contributed by atoms with van der Waals surface area (Å²) < 4.78 is 0. The molecule has 106 valence electrons. The van der Waals surface area contributed by atoms with Crippen molar-refractivity contribution in [3.05, 3.63) is 57.6 Å². The van der Waals surface area contributed by atoms with Crippen LogP contribution in [0.3, 0.4) is 0 Å². The van der Waals surface area contributed by atoms with Crippen LogP contribution in [0.4, 0.5) is 0 Å². The van der Waals surface area contributed by atoms with E-state index in [1.165, 1.54) is 11.1 Å². The number of benzene rings is 2. The summed E-state index contributed by atoms with van der Waals surface area (Å²) in [6.07, 6.45) is 0. The van der Waals surface area contributed by atoms with E-state index >= 15 is 0 Å². The Labute approximate surface area is 130 Å². The fraction of sp³-hybridized carbons (Fsp3) is 0.294. The highest BCUT2D eigenvalue weighted by Gasteiger charge is 2.08. The van der Waals surface area contributed by atoms with Crippen LogP contribution in [0.25, 0.3) is 11.1 Å². The lowest BCUT2D eigenvalue weighted by Gasteiger charge is -2.13.